The fraction of sp³-hybridized carbons (Fsp3) is 0.462. The number of hydrogen-bond donors (Lipinski definition) is 1. The number of carbonyl (C=O) groups excluding carboxylic acids is 1. The van der Waals surface area contributed by atoms with Gasteiger partial charge >= 0.3 is 5.97 Å². The molecule has 0 fully saturated rings. The number of halogens is 1. The molecule has 0 aliphatic carbocycles. The second kappa shape index (κ2) is 7.01. The van der Waals surface area contributed by atoms with E-state index in [0.29, 0.717) is 19.6 Å². The van der Waals surface area contributed by atoms with Crippen molar-refractivity contribution in [2.24, 2.45) is 0 Å². The lowest BCUT2D eigenvalue weighted by molar-refractivity contribution is -0.145. The van der Waals surface area contributed by atoms with Gasteiger partial charge in [-0.25, -0.2) is 4.39 Å². The maximum atomic E-state index is 12.7. The van der Waals surface area contributed by atoms with Crippen molar-refractivity contribution in [3.8, 4) is 0 Å². The molecular formula is C13H18FNO2. The van der Waals surface area contributed by atoms with E-state index >= 15 is 0 Å². The van der Waals surface area contributed by atoms with Crippen molar-refractivity contribution in [3.05, 3.63) is 35.6 Å². The summed E-state index contributed by atoms with van der Waals surface area (Å²) in [6.07, 6.45) is 0.667. The van der Waals surface area contributed by atoms with Gasteiger partial charge in [0, 0.05) is 6.54 Å². The minimum atomic E-state index is -0.306. The molecule has 0 aromatic heterocycles. The Hall–Kier alpha value is -1.42. The highest BCUT2D eigenvalue weighted by Gasteiger charge is 2.16. The molecule has 0 bridgehead atoms. The second-order valence-electron chi connectivity index (χ2n) is 3.72. The quantitative estimate of drug-likeness (QED) is 0.774. The van der Waals surface area contributed by atoms with Gasteiger partial charge in [0.1, 0.15) is 11.9 Å². The molecule has 1 atom stereocenters. The van der Waals surface area contributed by atoms with Crippen LogP contribution in [0.4, 0.5) is 4.39 Å². The molecule has 1 unspecified atom stereocenters. The summed E-state index contributed by atoms with van der Waals surface area (Å²) < 4.78 is 17.6. The van der Waals surface area contributed by atoms with Crippen molar-refractivity contribution in [1.82, 2.24) is 5.32 Å². The lowest BCUT2D eigenvalue weighted by atomic mass is 10.2. The molecule has 0 heterocycles. The molecule has 1 rings (SSSR count). The van der Waals surface area contributed by atoms with Crippen LogP contribution < -0.4 is 5.32 Å². The zero-order valence-electron chi connectivity index (χ0n) is 10.2. The number of carbonyl (C=O) groups is 1. The van der Waals surface area contributed by atoms with Gasteiger partial charge in [-0.1, -0.05) is 19.1 Å². The van der Waals surface area contributed by atoms with Crippen molar-refractivity contribution < 1.29 is 13.9 Å². The van der Waals surface area contributed by atoms with E-state index in [1.165, 1.54) is 12.1 Å². The average molecular weight is 239 g/mol. The molecule has 3 nitrogen and oxygen atoms in total. The molecule has 94 valence electrons. The van der Waals surface area contributed by atoms with Crippen molar-refractivity contribution in [2.45, 2.75) is 32.9 Å². The zero-order valence-corrected chi connectivity index (χ0v) is 10.2. The number of benzene rings is 1. The summed E-state index contributed by atoms with van der Waals surface area (Å²) in [5.41, 5.74) is 0.939. The number of esters is 1. The molecule has 0 amide bonds. The van der Waals surface area contributed by atoms with Crippen molar-refractivity contribution in [2.75, 3.05) is 6.61 Å². The van der Waals surface area contributed by atoms with Crippen LogP contribution in [-0.2, 0) is 16.1 Å². The first-order valence-electron chi connectivity index (χ1n) is 5.81. The van der Waals surface area contributed by atoms with Crippen LogP contribution in [0.2, 0.25) is 0 Å². The molecule has 1 N–H and O–H groups in total. The van der Waals surface area contributed by atoms with Gasteiger partial charge in [0.15, 0.2) is 0 Å². The molecule has 0 aliphatic heterocycles. The van der Waals surface area contributed by atoms with Gasteiger partial charge in [-0.05, 0) is 31.0 Å². The van der Waals surface area contributed by atoms with Gasteiger partial charge < -0.3 is 10.1 Å². The first-order chi connectivity index (χ1) is 8.17. The third kappa shape index (κ3) is 4.53. The Morgan fingerprint density at radius 1 is 1.35 bits per heavy atom. The van der Waals surface area contributed by atoms with Crippen LogP contribution >= 0.6 is 0 Å². The predicted molar refractivity (Wildman–Crippen MR) is 64.0 cm³/mol. The SMILES string of the molecule is CCOC(=O)C(CC)NCc1ccc(F)cc1. The highest BCUT2D eigenvalue weighted by Crippen LogP contribution is 2.04. The third-order valence-electron chi connectivity index (χ3n) is 2.45. The first kappa shape index (κ1) is 13.6. The molecule has 17 heavy (non-hydrogen) atoms. The fourth-order valence-electron chi connectivity index (χ4n) is 1.48. The van der Waals surface area contributed by atoms with Crippen LogP contribution in [0.15, 0.2) is 24.3 Å². The van der Waals surface area contributed by atoms with E-state index in [1.807, 2.05) is 6.92 Å². The Balaban J connectivity index is 2.47. The standard InChI is InChI=1S/C13H18FNO2/c1-3-12(13(16)17-4-2)15-9-10-5-7-11(14)8-6-10/h5-8,12,15H,3-4,9H2,1-2H3. The monoisotopic (exact) mass is 239 g/mol. The molecule has 4 heteroatoms. The van der Waals surface area contributed by atoms with E-state index < -0.39 is 0 Å². The Morgan fingerprint density at radius 3 is 2.53 bits per heavy atom. The molecule has 0 saturated carbocycles. The average Bonchev–Trinajstić information content (AvgIpc) is 2.32. The number of rotatable bonds is 6. The summed E-state index contributed by atoms with van der Waals surface area (Å²) in [6.45, 7) is 4.61. The summed E-state index contributed by atoms with van der Waals surface area (Å²) in [7, 11) is 0. The van der Waals surface area contributed by atoms with Gasteiger partial charge in [0.05, 0.1) is 6.61 Å². The Labute approximate surface area is 101 Å². The molecule has 0 saturated heterocycles. The fourth-order valence-corrected chi connectivity index (χ4v) is 1.48. The van der Waals surface area contributed by atoms with Gasteiger partial charge in [0.25, 0.3) is 0 Å². The summed E-state index contributed by atoms with van der Waals surface area (Å²) >= 11 is 0. The second-order valence-corrected chi connectivity index (χ2v) is 3.72. The normalized spacial score (nSPS) is 12.2. The van der Waals surface area contributed by atoms with E-state index in [1.54, 1.807) is 19.1 Å². The smallest absolute Gasteiger partial charge is 0.323 e. The predicted octanol–water partition coefficient (Wildman–Crippen LogP) is 2.26. The van der Waals surface area contributed by atoms with E-state index in [2.05, 4.69) is 5.32 Å². The van der Waals surface area contributed by atoms with Crippen molar-refractivity contribution in [1.29, 1.82) is 0 Å². The molecule has 1 aromatic carbocycles. The molecule has 0 radical (unpaired) electrons. The van der Waals surface area contributed by atoms with Gasteiger partial charge in [-0.2, -0.15) is 0 Å². The van der Waals surface area contributed by atoms with Crippen LogP contribution in [0.5, 0.6) is 0 Å². The topological polar surface area (TPSA) is 38.3 Å². The summed E-state index contributed by atoms with van der Waals surface area (Å²) in [5, 5.41) is 3.09. The van der Waals surface area contributed by atoms with Crippen LogP contribution in [0.25, 0.3) is 0 Å². The van der Waals surface area contributed by atoms with E-state index in [-0.39, 0.29) is 17.8 Å². The summed E-state index contributed by atoms with van der Waals surface area (Å²) in [4.78, 5) is 11.5. The maximum absolute atomic E-state index is 12.7. The van der Waals surface area contributed by atoms with Gasteiger partial charge in [0.2, 0.25) is 0 Å². The number of ether oxygens (including phenoxy) is 1. The zero-order chi connectivity index (χ0) is 12.7. The highest BCUT2D eigenvalue weighted by molar-refractivity contribution is 5.75. The van der Waals surface area contributed by atoms with Gasteiger partial charge in [-0.3, -0.25) is 4.79 Å². The Morgan fingerprint density at radius 2 is 2.00 bits per heavy atom. The maximum Gasteiger partial charge on any atom is 0.323 e. The minimum absolute atomic E-state index is 0.239. The van der Waals surface area contributed by atoms with E-state index in [9.17, 15) is 9.18 Å². The number of nitrogens with one attached hydrogen (secondary N) is 1. The lowest BCUT2D eigenvalue weighted by Gasteiger charge is -2.15. The van der Waals surface area contributed by atoms with Gasteiger partial charge in [-0.15, -0.1) is 0 Å². The van der Waals surface area contributed by atoms with Crippen LogP contribution in [0.3, 0.4) is 0 Å². The number of hydrogen-bond acceptors (Lipinski definition) is 3. The van der Waals surface area contributed by atoms with Crippen LogP contribution in [0, 0.1) is 5.82 Å². The molecule has 0 aliphatic rings. The van der Waals surface area contributed by atoms with E-state index in [4.69, 9.17) is 4.74 Å². The Bertz CT molecular complexity index is 351. The lowest BCUT2D eigenvalue weighted by Crippen LogP contribution is -2.37. The molecular weight excluding hydrogens is 221 g/mol. The molecule has 1 aromatic rings. The van der Waals surface area contributed by atoms with E-state index in [0.717, 1.165) is 5.56 Å². The van der Waals surface area contributed by atoms with Crippen LogP contribution in [-0.4, -0.2) is 18.6 Å². The van der Waals surface area contributed by atoms with Crippen molar-refractivity contribution >= 4 is 5.97 Å². The largest absolute Gasteiger partial charge is 0.465 e. The summed E-state index contributed by atoms with van der Waals surface area (Å²) in [6, 6.07) is 5.89. The minimum Gasteiger partial charge on any atom is -0.465 e. The highest BCUT2D eigenvalue weighted by atomic mass is 19.1. The third-order valence-corrected chi connectivity index (χ3v) is 2.45. The summed E-state index contributed by atoms with van der Waals surface area (Å²) in [5.74, 6) is -0.497. The van der Waals surface area contributed by atoms with Crippen LogP contribution in [0.1, 0.15) is 25.8 Å². The molecule has 0 spiro atoms. The first-order valence-corrected chi connectivity index (χ1v) is 5.81. The van der Waals surface area contributed by atoms with Crippen molar-refractivity contribution in [3.63, 3.8) is 0 Å². The Kier molecular flexibility index (Phi) is 5.63.